The molecule has 140 valence electrons. The van der Waals surface area contributed by atoms with Crippen molar-refractivity contribution in [2.24, 2.45) is 0 Å². The molecule has 0 radical (unpaired) electrons. The van der Waals surface area contributed by atoms with Gasteiger partial charge in [0.1, 0.15) is 11.6 Å². The van der Waals surface area contributed by atoms with Crippen LogP contribution in [0.15, 0.2) is 59.1 Å². The van der Waals surface area contributed by atoms with Crippen LogP contribution in [0.5, 0.6) is 5.75 Å². The second kappa shape index (κ2) is 7.80. The average molecular weight is 368 g/mol. The molecule has 0 atom stereocenters. The first-order valence-electron chi connectivity index (χ1n) is 9.15. The van der Waals surface area contributed by atoms with Gasteiger partial charge in [-0.05, 0) is 36.4 Å². The quantitative estimate of drug-likeness (QED) is 0.751. The zero-order valence-corrected chi connectivity index (χ0v) is 15.3. The van der Waals surface area contributed by atoms with E-state index in [9.17, 15) is 4.39 Å². The number of rotatable bonds is 5. The van der Waals surface area contributed by atoms with Gasteiger partial charge in [-0.3, -0.25) is 0 Å². The number of oxazole rings is 1. The predicted octanol–water partition coefficient (Wildman–Crippen LogP) is 2.39. The van der Waals surface area contributed by atoms with E-state index < -0.39 is 0 Å². The molecule has 0 aliphatic carbocycles. The zero-order chi connectivity index (χ0) is 18.6. The minimum absolute atomic E-state index is 0.254. The van der Waals surface area contributed by atoms with Crippen molar-refractivity contribution >= 4 is 5.69 Å². The molecule has 0 amide bonds. The van der Waals surface area contributed by atoms with Gasteiger partial charge in [-0.15, -0.1) is 0 Å². The summed E-state index contributed by atoms with van der Waals surface area (Å²) >= 11 is 0. The molecule has 2 aromatic carbocycles. The van der Waals surface area contributed by atoms with Crippen LogP contribution in [0.1, 0.15) is 5.89 Å². The van der Waals surface area contributed by atoms with Crippen molar-refractivity contribution in [1.29, 1.82) is 0 Å². The highest BCUT2D eigenvalue weighted by Gasteiger charge is 2.23. The maximum absolute atomic E-state index is 13.1. The van der Waals surface area contributed by atoms with Gasteiger partial charge in [0.2, 0.25) is 0 Å². The van der Waals surface area contributed by atoms with Gasteiger partial charge in [0, 0.05) is 5.56 Å². The SMILES string of the molecule is COc1ccccc1N1CC[NH+](Cc2ncc(-c3ccc(F)cc3)o2)CC1. The lowest BCUT2D eigenvalue weighted by Crippen LogP contribution is -3.13. The molecule has 6 heteroatoms. The van der Waals surface area contributed by atoms with Gasteiger partial charge in [0.05, 0.1) is 45.2 Å². The molecule has 0 saturated carbocycles. The number of nitrogens with one attached hydrogen (secondary N) is 1. The average Bonchev–Trinajstić information content (AvgIpc) is 3.17. The van der Waals surface area contributed by atoms with Crippen molar-refractivity contribution in [3.8, 4) is 17.1 Å². The Morgan fingerprint density at radius 3 is 2.59 bits per heavy atom. The van der Waals surface area contributed by atoms with E-state index in [0.29, 0.717) is 5.76 Å². The van der Waals surface area contributed by atoms with E-state index in [1.807, 2.05) is 18.2 Å². The van der Waals surface area contributed by atoms with Crippen LogP contribution in [-0.4, -0.2) is 38.3 Å². The third kappa shape index (κ3) is 3.95. The van der Waals surface area contributed by atoms with Gasteiger partial charge >= 0.3 is 0 Å². The van der Waals surface area contributed by atoms with Crippen LogP contribution in [0.3, 0.4) is 0 Å². The minimum atomic E-state index is -0.254. The number of aromatic nitrogens is 1. The number of methoxy groups -OCH3 is 1. The number of benzene rings is 2. The molecule has 5 nitrogen and oxygen atoms in total. The largest absolute Gasteiger partial charge is 0.495 e. The van der Waals surface area contributed by atoms with Gasteiger partial charge in [-0.2, -0.15) is 0 Å². The Morgan fingerprint density at radius 2 is 1.85 bits per heavy atom. The first-order valence-corrected chi connectivity index (χ1v) is 9.15. The molecule has 27 heavy (non-hydrogen) atoms. The summed E-state index contributed by atoms with van der Waals surface area (Å²) in [6.45, 7) is 4.68. The number of para-hydroxylation sites is 2. The molecule has 1 N–H and O–H groups in total. The normalized spacial score (nSPS) is 15.1. The number of hydrogen-bond donors (Lipinski definition) is 1. The topological polar surface area (TPSA) is 42.9 Å². The van der Waals surface area contributed by atoms with Crippen molar-refractivity contribution in [1.82, 2.24) is 4.98 Å². The number of nitrogens with zero attached hydrogens (tertiary/aromatic N) is 2. The molecule has 1 aliphatic heterocycles. The lowest BCUT2D eigenvalue weighted by molar-refractivity contribution is -0.915. The van der Waals surface area contributed by atoms with Gasteiger partial charge in [0.15, 0.2) is 12.3 Å². The van der Waals surface area contributed by atoms with Crippen molar-refractivity contribution in [2.75, 3.05) is 38.2 Å². The van der Waals surface area contributed by atoms with E-state index in [1.54, 1.807) is 25.4 Å². The number of halogens is 1. The Hall–Kier alpha value is -2.86. The summed E-state index contributed by atoms with van der Waals surface area (Å²) < 4.78 is 24.4. The summed E-state index contributed by atoms with van der Waals surface area (Å²) in [5.41, 5.74) is 1.99. The molecular formula is C21H23FN3O2+. The summed E-state index contributed by atoms with van der Waals surface area (Å²) in [6, 6.07) is 14.4. The van der Waals surface area contributed by atoms with Crippen molar-refractivity contribution < 1.29 is 18.4 Å². The Labute approximate surface area is 158 Å². The smallest absolute Gasteiger partial charge is 0.250 e. The summed E-state index contributed by atoms with van der Waals surface area (Å²) in [6.07, 6.45) is 1.72. The zero-order valence-electron chi connectivity index (χ0n) is 15.3. The van der Waals surface area contributed by atoms with E-state index in [-0.39, 0.29) is 5.82 Å². The van der Waals surface area contributed by atoms with Crippen molar-refractivity contribution in [3.63, 3.8) is 0 Å². The Bertz CT molecular complexity index is 886. The summed E-state index contributed by atoms with van der Waals surface area (Å²) in [5, 5.41) is 0. The summed E-state index contributed by atoms with van der Waals surface area (Å²) in [5.74, 6) is 2.06. The fraction of sp³-hybridized carbons (Fsp3) is 0.286. The maximum atomic E-state index is 13.1. The minimum Gasteiger partial charge on any atom is -0.495 e. The molecule has 1 saturated heterocycles. The van der Waals surface area contributed by atoms with Crippen LogP contribution >= 0.6 is 0 Å². The van der Waals surface area contributed by atoms with Crippen LogP contribution in [0, 0.1) is 5.82 Å². The number of piperazine rings is 1. The van der Waals surface area contributed by atoms with Gasteiger partial charge in [-0.1, -0.05) is 12.1 Å². The molecule has 2 heterocycles. The number of ether oxygens (including phenoxy) is 1. The van der Waals surface area contributed by atoms with Gasteiger partial charge in [-0.25, -0.2) is 9.37 Å². The van der Waals surface area contributed by atoms with E-state index >= 15 is 0 Å². The monoisotopic (exact) mass is 368 g/mol. The van der Waals surface area contributed by atoms with Crippen LogP contribution in [0.2, 0.25) is 0 Å². The Balaban J connectivity index is 1.36. The fourth-order valence-corrected chi connectivity index (χ4v) is 3.49. The Kier molecular flexibility index (Phi) is 5.07. The lowest BCUT2D eigenvalue weighted by atomic mass is 10.2. The van der Waals surface area contributed by atoms with E-state index in [0.717, 1.165) is 55.6 Å². The molecular weight excluding hydrogens is 345 g/mol. The maximum Gasteiger partial charge on any atom is 0.250 e. The predicted molar refractivity (Wildman–Crippen MR) is 102 cm³/mol. The highest BCUT2D eigenvalue weighted by atomic mass is 19.1. The second-order valence-electron chi connectivity index (χ2n) is 6.71. The first-order chi connectivity index (χ1) is 13.2. The lowest BCUT2D eigenvalue weighted by Gasteiger charge is -2.33. The van der Waals surface area contributed by atoms with Crippen LogP contribution in [0.25, 0.3) is 11.3 Å². The first kappa shape index (κ1) is 17.5. The summed E-state index contributed by atoms with van der Waals surface area (Å²) in [4.78, 5) is 8.20. The molecule has 0 unspecified atom stereocenters. The van der Waals surface area contributed by atoms with Crippen LogP contribution in [-0.2, 0) is 6.54 Å². The second-order valence-corrected chi connectivity index (χ2v) is 6.71. The van der Waals surface area contributed by atoms with E-state index in [4.69, 9.17) is 9.15 Å². The molecule has 1 fully saturated rings. The standard InChI is InChI=1S/C21H22FN3O2/c1-26-19-5-3-2-4-18(19)25-12-10-24(11-13-25)15-21-23-14-20(27-21)16-6-8-17(22)9-7-16/h2-9,14H,10-13,15H2,1H3/p+1. The molecule has 0 bridgehead atoms. The fourth-order valence-electron chi connectivity index (χ4n) is 3.49. The van der Waals surface area contributed by atoms with E-state index in [2.05, 4.69) is 16.0 Å². The highest BCUT2D eigenvalue weighted by Crippen LogP contribution is 2.27. The highest BCUT2D eigenvalue weighted by molar-refractivity contribution is 5.58. The third-order valence-electron chi connectivity index (χ3n) is 4.98. The Morgan fingerprint density at radius 1 is 1.11 bits per heavy atom. The number of hydrogen-bond acceptors (Lipinski definition) is 4. The van der Waals surface area contributed by atoms with Crippen LogP contribution in [0.4, 0.5) is 10.1 Å². The molecule has 1 aromatic heterocycles. The molecule has 0 spiro atoms. The van der Waals surface area contributed by atoms with E-state index in [1.165, 1.54) is 17.0 Å². The molecule has 4 rings (SSSR count). The molecule has 3 aromatic rings. The molecule has 1 aliphatic rings. The van der Waals surface area contributed by atoms with Crippen LogP contribution < -0.4 is 14.5 Å². The van der Waals surface area contributed by atoms with Crippen molar-refractivity contribution in [2.45, 2.75) is 6.54 Å². The van der Waals surface area contributed by atoms with Gasteiger partial charge in [0.25, 0.3) is 5.89 Å². The third-order valence-corrected chi connectivity index (χ3v) is 4.98. The number of anilines is 1. The summed E-state index contributed by atoms with van der Waals surface area (Å²) in [7, 11) is 1.71. The van der Waals surface area contributed by atoms with Gasteiger partial charge < -0.3 is 19.0 Å². The van der Waals surface area contributed by atoms with Crippen molar-refractivity contribution in [3.05, 3.63) is 66.4 Å². The number of quaternary nitrogens is 1.